The highest BCUT2D eigenvalue weighted by molar-refractivity contribution is 5.78. The average molecular weight is 330 g/mol. The molecule has 0 aliphatic carbocycles. The molecule has 1 N–H and O–H groups in total. The molecule has 2 aromatic rings. The summed E-state index contributed by atoms with van der Waals surface area (Å²) in [6.45, 7) is 6.69. The number of hydrogen-bond donors (Lipinski definition) is 1. The number of likely N-dealkylation sites (tertiary alicyclic amines) is 1. The van der Waals surface area contributed by atoms with Crippen LogP contribution in [0.15, 0.2) is 34.7 Å². The van der Waals surface area contributed by atoms with Crippen molar-refractivity contribution in [2.75, 3.05) is 26.2 Å². The molecule has 0 saturated carbocycles. The number of hydrogen-bond acceptors (Lipinski definition) is 4. The zero-order chi connectivity index (χ0) is 17.1. The number of benzene rings is 1. The lowest BCUT2D eigenvalue weighted by Gasteiger charge is -2.30. The third-order valence-electron chi connectivity index (χ3n) is 4.86. The van der Waals surface area contributed by atoms with Crippen molar-refractivity contribution in [1.29, 1.82) is 0 Å². The summed E-state index contributed by atoms with van der Waals surface area (Å²) in [7, 11) is 0. The van der Waals surface area contributed by atoms with Crippen molar-refractivity contribution < 1.29 is 14.3 Å². The Morgan fingerprint density at radius 3 is 2.83 bits per heavy atom. The Morgan fingerprint density at radius 1 is 1.38 bits per heavy atom. The molecule has 1 amide bonds. The smallest absolute Gasteiger partial charge is 0.222 e. The summed E-state index contributed by atoms with van der Waals surface area (Å²) in [5.74, 6) is 1.06. The van der Waals surface area contributed by atoms with Crippen LogP contribution in [0.3, 0.4) is 0 Å². The lowest BCUT2D eigenvalue weighted by molar-refractivity contribution is -0.129. The van der Waals surface area contributed by atoms with E-state index < -0.39 is 6.10 Å². The minimum absolute atomic E-state index is 0.0753. The van der Waals surface area contributed by atoms with E-state index in [9.17, 15) is 9.90 Å². The highest BCUT2D eigenvalue weighted by Gasteiger charge is 2.25. The van der Waals surface area contributed by atoms with Gasteiger partial charge in [-0.3, -0.25) is 9.69 Å². The highest BCUT2D eigenvalue weighted by atomic mass is 16.3. The number of amides is 1. The van der Waals surface area contributed by atoms with Gasteiger partial charge < -0.3 is 14.4 Å². The molecule has 1 fully saturated rings. The summed E-state index contributed by atoms with van der Waals surface area (Å²) in [4.78, 5) is 15.7. The van der Waals surface area contributed by atoms with Gasteiger partial charge in [-0.2, -0.15) is 0 Å². The van der Waals surface area contributed by atoms with E-state index in [4.69, 9.17) is 4.42 Å². The van der Waals surface area contributed by atoms with Crippen molar-refractivity contribution in [3.63, 3.8) is 0 Å². The molecular weight excluding hydrogens is 304 g/mol. The van der Waals surface area contributed by atoms with Gasteiger partial charge in [0, 0.05) is 31.4 Å². The van der Waals surface area contributed by atoms with Crippen molar-refractivity contribution in [3.05, 3.63) is 36.1 Å². The minimum atomic E-state index is -0.543. The Labute approximate surface area is 142 Å². The molecule has 5 heteroatoms. The SMILES string of the molecule is CCN(CC(O)CN1CCCC1=O)C(C)c1cc2ccccc2o1. The third kappa shape index (κ3) is 3.62. The second-order valence-electron chi connectivity index (χ2n) is 6.55. The minimum Gasteiger partial charge on any atom is -0.459 e. The standard InChI is InChI=1S/C19H26N2O3/c1-3-20(12-16(22)13-21-10-6-9-19(21)23)14(2)18-11-15-7-4-5-8-17(15)24-18/h4-5,7-8,11,14,16,22H,3,6,9-10,12-13H2,1-2H3. The highest BCUT2D eigenvalue weighted by Crippen LogP contribution is 2.27. The molecule has 2 atom stereocenters. The molecule has 1 aromatic heterocycles. The summed E-state index contributed by atoms with van der Waals surface area (Å²) < 4.78 is 5.96. The number of likely N-dealkylation sites (N-methyl/N-ethyl adjacent to an activating group) is 1. The maximum absolute atomic E-state index is 11.7. The average Bonchev–Trinajstić information content (AvgIpc) is 3.18. The van der Waals surface area contributed by atoms with Gasteiger partial charge in [-0.05, 0) is 32.0 Å². The fourth-order valence-corrected chi connectivity index (χ4v) is 3.43. The molecule has 130 valence electrons. The van der Waals surface area contributed by atoms with Gasteiger partial charge in [0.1, 0.15) is 11.3 Å². The molecule has 2 unspecified atom stereocenters. The number of carbonyl (C=O) groups excluding carboxylic acids is 1. The number of aliphatic hydroxyl groups excluding tert-OH is 1. The summed E-state index contributed by atoms with van der Waals surface area (Å²) in [6.07, 6.45) is 0.969. The van der Waals surface area contributed by atoms with Gasteiger partial charge in [0.05, 0.1) is 12.1 Å². The van der Waals surface area contributed by atoms with Crippen LogP contribution in [0.2, 0.25) is 0 Å². The van der Waals surface area contributed by atoms with Crippen molar-refractivity contribution in [3.8, 4) is 0 Å². The molecule has 5 nitrogen and oxygen atoms in total. The van der Waals surface area contributed by atoms with E-state index in [1.54, 1.807) is 4.90 Å². The molecular formula is C19H26N2O3. The first kappa shape index (κ1) is 17.0. The lowest BCUT2D eigenvalue weighted by Crippen LogP contribution is -2.41. The number of para-hydroxylation sites is 1. The quantitative estimate of drug-likeness (QED) is 0.848. The largest absolute Gasteiger partial charge is 0.459 e. The molecule has 1 saturated heterocycles. The fraction of sp³-hybridized carbons (Fsp3) is 0.526. The first-order valence-electron chi connectivity index (χ1n) is 8.77. The maximum Gasteiger partial charge on any atom is 0.222 e. The molecule has 0 radical (unpaired) electrons. The van der Waals surface area contributed by atoms with Crippen LogP contribution in [0, 0.1) is 0 Å². The monoisotopic (exact) mass is 330 g/mol. The van der Waals surface area contributed by atoms with Crippen molar-refractivity contribution in [1.82, 2.24) is 9.80 Å². The fourth-order valence-electron chi connectivity index (χ4n) is 3.43. The van der Waals surface area contributed by atoms with E-state index in [0.717, 1.165) is 36.2 Å². The van der Waals surface area contributed by atoms with Gasteiger partial charge >= 0.3 is 0 Å². The predicted molar refractivity (Wildman–Crippen MR) is 93.7 cm³/mol. The van der Waals surface area contributed by atoms with Crippen LogP contribution < -0.4 is 0 Å². The first-order valence-corrected chi connectivity index (χ1v) is 8.77. The Kier molecular flexibility index (Phi) is 5.21. The van der Waals surface area contributed by atoms with Crippen LogP contribution in [0.4, 0.5) is 0 Å². The number of β-amino-alcohol motifs (C(OH)–C–C–N with tert-alkyl or cyclic N) is 1. The van der Waals surface area contributed by atoms with E-state index in [2.05, 4.69) is 24.8 Å². The van der Waals surface area contributed by atoms with Crippen LogP contribution in [0.1, 0.15) is 38.5 Å². The first-order chi connectivity index (χ1) is 11.6. The van der Waals surface area contributed by atoms with Crippen molar-refractivity contribution >= 4 is 16.9 Å². The summed E-state index contributed by atoms with van der Waals surface area (Å²) in [5, 5.41) is 11.5. The number of rotatable bonds is 7. The number of furan rings is 1. The molecule has 1 aliphatic rings. The Hall–Kier alpha value is -1.85. The molecule has 24 heavy (non-hydrogen) atoms. The third-order valence-corrected chi connectivity index (χ3v) is 4.86. The van der Waals surface area contributed by atoms with Crippen LogP contribution in [0.25, 0.3) is 11.0 Å². The van der Waals surface area contributed by atoms with Crippen LogP contribution in [-0.2, 0) is 4.79 Å². The maximum atomic E-state index is 11.7. The zero-order valence-electron chi connectivity index (χ0n) is 14.4. The summed E-state index contributed by atoms with van der Waals surface area (Å²) in [5.41, 5.74) is 0.888. The van der Waals surface area contributed by atoms with Crippen molar-refractivity contribution in [2.45, 2.75) is 38.8 Å². The molecule has 0 bridgehead atoms. The van der Waals surface area contributed by atoms with Gasteiger partial charge in [-0.1, -0.05) is 25.1 Å². The zero-order valence-corrected chi connectivity index (χ0v) is 14.4. The van der Waals surface area contributed by atoms with Crippen LogP contribution >= 0.6 is 0 Å². The van der Waals surface area contributed by atoms with Gasteiger partial charge in [-0.25, -0.2) is 0 Å². The van der Waals surface area contributed by atoms with Crippen molar-refractivity contribution in [2.24, 2.45) is 0 Å². The number of aliphatic hydroxyl groups is 1. The Morgan fingerprint density at radius 2 is 2.17 bits per heavy atom. The summed E-state index contributed by atoms with van der Waals surface area (Å²) >= 11 is 0. The molecule has 1 aliphatic heterocycles. The Bertz CT molecular complexity index is 664. The number of fused-ring (bicyclic) bond motifs is 1. The van der Waals surface area contributed by atoms with E-state index in [-0.39, 0.29) is 11.9 Å². The van der Waals surface area contributed by atoms with E-state index >= 15 is 0 Å². The van der Waals surface area contributed by atoms with Gasteiger partial charge in [0.15, 0.2) is 0 Å². The molecule has 0 spiro atoms. The van der Waals surface area contributed by atoms with Gasteiger partial charge in [0.25, 0.3) is 0 Å². The lowest BCUT2D eigenvalue weighted by atomic mass is 10.1. The predicted octanol–water partition coefficient (Wildman–Crippen LogP) is 2.80. The topological polar surface area (TPSA) is 56.9 Å². The van der Waals surface area contributed by atoms with Crippen LogP contribution in [0.5, 0.6) is 0 Å². The van der Waals surface area contributed by atoms with Gasteiger partial charge in [-0.15, -0.1) is 0 Å². The number of nitrogens with zero attached hydrogens (tertiary/aromatic N) is 2. The Balaban J connectivity index is 1.64. The second kappa shape index (κ2) is 7.36. The van der Waals surface area contributed by atoms with E-state index in [0.29, 0.717) is 19.5 Å². The normalized spacial score (nSPS) is 17.8. The van der Waals surface area contributed by atoms with Gasteiger partial charge in [0.2, 0.25) is 5.91 Å². The van der Waals surface area contributed by atoms with E-state index in [1.807, 2.05) is 24.3 Å². The molecule has 1 aromatic carbocycles. The van der Waals surface area contributed by atoms with Crippen LogP contribution in [-0.4, -0.2) is 53.1 Å². The summed E-state index contributed by atoms with van der Waals surface area (Å²) in [6, 6.07) is 10.1. The second-order valence-corrected chi connectivity index (χ2v) is 6.55. The molecule has 2 heterocycles. The molecule has 3 rings (SSSR count). The van der Waals surface area contributed by atoms with E-state index in [1.165, 1.54) is 0 Å². The number of carbonyl (C=O) groups is 1.